The molecule has 10 heteroatoms. The van der Waals surface area contributed by atoms with Crippen LogP contribution in [0.25, 0.3) is 22.4 Å². The van der Waals surface area contributed by atoms with E-state index < -0.39 is 11.6 Å². The number of morpholine rings is 1. The van der Waals surface area contributed by atoms with E-state index in [2.05, 4.69) is 20.1 Å². The molecule has 1 saturated carbocycles. The number of halogens is 2. The highest BCUT2D eigenvalue weighted by molar-refractivity contribution is 5.88. The number of benzene rings is 1. The normalized spacial score (nSPS) is 18.4. The summed E-state index contributed by atoms with van der Waals surface area (Å²) < 4.78 is 36.4. The predicted molar refractivity (Wildman–Crippen MR) is 126 cm³/mol. The summed E-state index contributed by atoms with van der Waals surface area (Å²) in [6.45, 7) is 6.20. The van der Waals surface area contributed by atoms with Gasteiger partial charge in [-0.25, -0.2) is 23.7 Å². The fourth-order valence-corrected chi connectivity index (χ4v) is 4.35. The first-order valence-corrected chi connectivity index (χ1v) is 11.8. The molecule has 2 aliphatic rings. The average Bonchev–Trinajstić information content (AvgIpc) is 3.53. The van der Waals surface area contributed by atoms with E-state index in [0.717, 1.165) is 29.8 Å². The van der Waals surface area contributed by atoms with E-state index in [1.165, 1.54) is 25.0 Å². The Kier molecular flexibility index (Phi) is 5.40. The van der Waals surface area contributed by atoms with Crippen molar-refractivity contribution in [3.63, 3.8) is 0 Å². The molecule has 4 heterocycles. The molecule has 4 aromatic rings. The highest BCUT2D eigenvalue weighted by Crippen LogP contribution is 2.33. The molecule has 1 aromatic carbocycles. The van der Waals surface area contributed by atoms with Gasteiger partial charge in [-0.1, -0.05) is 0 Å². The van der Waals surface area contributed by atoms with Crippen LogP contribution >= 0.6 is 0 Å². The third-order valence-corrected chi connectivity index (χ3v) is 6.63. The number of hydrogen-bond donors (Lipinski definition) is 0. The predicted octanol–water partition coefficient (Wildman–Crippen LogP) is 4.17. The molecule has 8 nitrogen and oxygen atoms in total. The summed E-state index contributed by atoms with van der Waals surface area (Å²) in [5.41, 5.74) is 3.64. The number of hydrogen-bond acceptors (Lipinski definition) is 7. The van der Waals surface area contributed by atoms with Gasteiger partial charge in [0.25, 0.3) is 0 Å². The molecule has 1 unspecified atom stereocenters. The quantitative estimate of drug-likeness (QED) is 0.427. The number of ether oxygens (including phenoxy) is 1. The highest BCUT2D eigenvalue weighted by atomic mass is 19.1. The number of fused-ring (bicyclic) bond motifs is 1. The molecule has 1 saturated heterocycles. The molecular formula is C25H25F2N7O. The van der Waals surface area contributed by atoms with E-state index >= 15 is 0 Å². The van der Waals surface area contributed by atoms with Gasteiger partial charge in [0.2, 0.25) is 5.95 Å². The lowest BCUT2D eigenvalue weighted by atomic mass is 10.1. The smallest absolute Gasteiger partial charge is 0.228 e. The second-order valence-electron chi connectivity index (χ2n) is 9.31. The topological polar surface area (TPSA) is 81.9 Å². The number of aryl methyl sites for hydroxylation is 2. The third-order valence-electron chi connectivity index (χ3n) is 6.63. The zero-order valence-corrected chi connectivity index (χ0v) is 19.6. The lowest BCUT2D eigenvalue weighted by Crippen LogP contribution is -2.39. The van der Waals surface area contributed by atoms with Gasteiger partial charge in [-0.15, -0.1) is 0 Å². The van der Waals surface area contributed by atoms with Crippen LogP contribution in [0.15, 0.2) is 30.6 Å². The lowest BCUT2D eigenvalue weighted by Gasteiger charge is -2.32. The third kappa shape index (κ3) is 4.34. The van der Waals surface area contributed by atoms with Crippen molar-refractivity contribution in [3.8, 4) is 11.3 Å². The van der Waals surface area contributed by atoms with Gasteiger partial charge < -0.3 is 9.64 Å². The molecule has 35 heavy (non-hydrogen) atoms. The van der Waals surface area contributed by atoms with Gasteiger partial charge in [-0.3, -0.25) is 4.68 Å². The van der Waals surface area contributed by atoms with Crippen molar-refractivity contribution in [3.05, 3.63) is 59.2 Å². The maximum Gasteiger partial charge on any atom is 0.228 e. The molecule has 0 radical (unpaired) electrons. The van der Waals surface area contributed by atoms with Crippen LogP contribution in [0.4, 0.5) is 14.7 Å². The minimum Gasteiger partial charge on any atom is -0.370 e. The standard InChI is InChI=1S/C25H25F2N7O/c1-14-15(2)30-24-23(29-14)22(19-6-5-18(26)9-20(19)27)31-25(32-24)33-7-8-35-21(13-33)17-10-28-34(12-17)11-16-3-4-16/h5-6,9-10,12,16,21H,3-4,7-8,11,13H2,1-2H3. The van der Waals surface area contributed by atoms with Gasteiger partial charge >= 0.3 is 0 Å². The van der Waals surface area contributed by atoms with Gasteiger partial charge in [0.1, 0.15) is 28.9 Å². The summed E-state index contributed by atoms with van der Waals surface area (Å²) in [5.74, 6) is -0.219. The van der Waals surface area contributed by atoms with Crippen LogP contribution < -0.4 is 4.90 Å². The second-order valence-corrected chi connectivity index (χ2v) is 9.31. The molecule has 2 fully saturated rings. The first kappa shape index (κ1) is 22.0. The Morgan fingerprint density at radius 2 is 1.89 bits per heavy atom. The second kappa shape index (κ2) is 8.60. The molecule has 3 aromatic heterocycles. The van der Waals surface area contributed by atoms with Crippen LogP contribution in [0, 0.1) is 31.4 Å². The van der Waals surface area contributed by atoms with Gasteiger partial charge in [-0.2, -0.15) is 10.1 Å². The highest BCUT2D eigenvalue weighted by Gasteiger charge is 2.28. The van der Waals surface area contributed by atoms with E-state index in [4.69, 9.17) is 9.72 Å². The summed E-state index contributed by atoms with van der Waals surface area (Å²) in [7, 11) is 0. The van der Waals surface area contributed by atoms with Gasteiger partial charge in [0.15, 0.2) is 5.65 Å². The monoisotopic (exact) mass is 477 g/mol. The largest absolute Gasteiger partial charge is 0.370 e. The van der Waals surface area contributed by atoms with Crippen molar-refractivity contribution in [2.45, 2.75) is 39.3 Å². The summed E-state index contributed by atoms with van der Waals surface area (Å²) in [5, 5.41) is 4.50. The van der Waals surface area contributed by atoms with Gasteiger partial charge in [-0.05, 0) is 44.7 Å². The average molecular weight is 478 g/mol. The zero-order valence-electron chi connectivity index (χ0n) is 19.6. The first-order valence-electron chi connectivity index (χ1n) is 11.8. The zero-order chi connectivity index (χ0) is 24.1. The van der Waals surface area contributed by atoms with Crippen molar-refractivity contribution in [1.82, 2.24) is 29.7 Å². The Balaban J connectivity index is 1.38. The van der Waals surface area contributed by atoms with E-state index in [1.54, 1.807) is 0 Å². The van der Waals surface area contributed by atoms with E-state index in [0.29, 0.717) is 48.2 Å². The maximum absolute atomic E-state index is 14.8. The van der Waals surface area contributed by atoms with E-state index in [9.17, 15) is 8.78 Å². The molecular weight excluding hydrogens is 452 g/mol. The van der Waals surface area contributed by atoms with Crippen LogP contribution in [0.2, 0.25) is 0 Å². The van der Waals surface area contributed by atoms with Crippen LogP contribution in [0.1, 0.15) is 35.9 Å². The van der Waals surface area contributed by atoms with Crippen molar-refractivity contribution < 1.29 is 13.5 Å². The summed E-state index contributed by atoms with van der Waals surface area (Å²) in [6.07, 6.45) is 6.24. The van der Waals surface area contributed by atoms with E-state index in [1.807, 2.05) is 35.8 Å². The summed E-state index contributed by atoms with van der Waals surface area (Å²) in [4.78, 5) is 20.6. The molecule has 1 aliphatic carbocycles. The molecule has 0 N–H and O–H groups in total. The Hall–Kier alpha value is -3.53. The fourth-order valence-electron chi connectivity index (χ4n) is 4.35. The lowest BCUT2D eigenvalue weighted by molar-refractivity contribution is 0.0392. The minimum atomic E-state index is -0.709. The minimum absolute atomic E-state index is 0.156. The number of aromatic nitrogens is 6. The molecule has 1 aliphatic heterocycles. The van der Waals surface area contributed by atoms with Crippen molar-refractivity contribution in [1.29, 1.82) is 0 Å². The van der Waals surface area contributed by atoms with Crippen molar-refractivity contribution in [2.24, 2.45) is 5.92 Å². The maximum atomic E-state index is 14.8. The Morgan fingerprint density at radius 3 is 2.69 bits per heavy atom. The van der Waals surface area contributed by atoms with E-state index in [-0.39, 0.29) is 11.7 Å². The molecule has 180 valence electrons. The van der Waals surface area contributed by atoms with Crippen LogP contribution in [-0.4, -0.2) is 49.4 Å². The summed E-state index contributed by atoms with van der Waals surface area (Å²) >= 11 is 0. The van der Waals surface area contributed by atoms with Crippen molar-refractivity contribution >= 4 is 17.1 Å². The Bertz CT molecular complexity index is 1420. The number of anilines is 1. The first-order chi connectivity index (χ1) is 16.9. The molecule has 6 rings (SSSR count). The van der Waals surface area contributed by atoms with Crippen molar-refractivity contribution in [2.75, 3.05) is 24.6 Å². The van der Waals surface area contributed by atoms with Crippen LogP contribution in [-0.2, 0) is 11.3 Å². The van der Waals surface area contributed by atoms with Gasteiger partial charge in [0, 0.05) is 36.5 Å². The molecule has 0 spiro atoms. The Morgan fingerprint density at radius 1 is 1.06 bits per heavy atom. The summed E-state index contributed by atoms with van der Waals surface area (Å²) in [6, 6.07) is 3.44. The molecule has 0 bridgehead atoms. The Labute approximate surface area is 201 Å². The number of nitrogens with zero attached hydrogens (tertiary/aromatic N) is 7. The van der Waals surface area contributed by atoms with Gasteiger partial charge in [0.05, 0.1) is 30.7 Å². The molecule has 1 atom stereocenters. The molecule has 0 amide bonds. The van der Waals surface area contributed by atoms with Crippen LogP contribution in [0.3, 0.4) is 0 Å². The SMILES string of the molecule is Cc1nc2nc(N3CCOC(c4cnn(CC5CC5)c4)C3)nc(-c3ccc(F)cc3F)c2nc1C. The van der Waals surface area contributed by atoms with Crippen LogP contribution in [0.5, 0.6) is 0 Å². The number of rotatable bonds is 5. The fraction of sp³-hybridized carbons (Fsp3) is 0.400.